The smallest absolute Gasteiger partial charge is 0.240 e. The SMILES string of the molecule is O=S(=O)(NCc1ccccc1N1CCCC1)c1ccc(F)c(Cl)c1. The lowest BCUT2D eigenvalue weighted by Gasteiger charge is -2.21. The van der Waals surface area contributed by atoms with Gasteiger partial charge < -0.3 is 4.90 Å². The summed E-state index contributed by atoms with van der Waals surface area (Å²) in [5, 5.41) is -0.213. The number of sulfonamides is 1. The molecular weight excluding hydrogens is 351 g/mol. The van der Waals surface area contributed by atoms with Crippen LogP contribution in [-0.2, 0) is 16.6 Å². The summed E-state index contributed by atoms with van der Waals surface area (Å²) in [6, 6.07) is 11.1. The quantitative estimate of drug-likeness (QED) is 0.877. The van der Waals surface area contributed by atoms with E-state index in [1.165, 1.54) is 6.07 Å². The van der Waals surface area contributed by atoms with Crippen molar-refractivity contribution in [3.8, 4) is 0 Å². The van der Waals surface area contributed by atoms with Gasteiger partial charge >= 0.3 is 0 Å². The molecule has 4 nitrogen and oxygen atoms in total. The number of hydrogen-bond donors (Lipinski definition) is 1. The minimum absolute atomic E-state index is 0.0486. The van der Waals surface area contributed by atoms with Crippen molar-refractivity contribution in [2.45, 2.75) is 24.3 Å². The largest absolute Gasteiger partial charge is 0.371 e. The fraction of sp³-hybridized carbons (Fsp3) is 0.294. The van der Waals surface area contributed by atoms with E-state index < -0.39 is 15.8 Å². The van der Waals surface area contributed by atoms with Gasteiger partial charge in [0.05, 0.1) is 9.92 Å². The molecule has 0 radical (unpaired) electrons. The Morgan fingerprint density at radius 2 is 1.83 bits per heavy atom. The molecule has 0 bridgehead atoms. The van der Waals surface area contributed by atoms with Crippen LogP contribution in [0.4, 0.5) is 10.1 Å². The van der Waals surface area contributed by atoms with Gasteiger partial charge in [0.2, 0.25) is 10.0 Å². The van der Waals surface area contributed by atoms with Crippen LogP contribution in [-0.4, -0.2) is 21.5 Å². The maximum atomic E-state index is 13.2. The van der Waals surface area contributed by atoms with Crippen molar-refractivity contribution in [2.24, 2.45) is 0 Å². The molecule has 0 amide bonds. The number of halogens is 2. The predicted octanol–water partition coefficient (Wildman–Crippen LogP) is 3.56. The van der Waals surface area contributed by atoms with Crippen molar-refractivity contribution in [3.63, 3.8) is 0 Å². The Hall–Kier alpha value is -1.63. The molecule has 1 saturated heterocycles. The standard InChI is InChI=1S/C17H18ClFN2O2S/c18-15-11-14(7-8-16(15)19)24(22,23)20-12-13-5-1-2-6-17(13)21-9-3-4-10-21/h1-2,5-8,11,20H,3-4,9-10,12H2. The maximum absolute atomic E-state index is 13.2. The van der Waals surface area contributed by atoms with E-state index in [-0.39, 0.29) is 16.5 Å². The summed E-state index contributed by atoms with van der Waals surface area (Å²) in [4.78, 5) is 2.21. The van der Waals surface area contributed by atoms with E-state index >= 15 is 0 Å². The van der Waals surface area contributed by atoms with Gasteiger partial charge in [-0.15, -0.1) is 0 Å². The highest BCUT2D eigenvalue weighted by molar-refractivity contribution is 7.89. The Balaban J connectivity index is 1.78. The van der Waals surface area contributed by atoms with Gasteiger partial charge in [0, 0.05) is 25.3 Å². The molecule has 0 spiro atoms. The van der Waals surface area contributed by atoms with Gasteiger partial charge in [-0.05, 0) is 42.7 Å². The van der Waals surface area contributed by atoms with E-state index in [0.717, 1.165) is 49.3 Å². The lowest BCUT2D eigenvalue weighted by atomic mass is 10.1. The van der Waals surface area contributed by atoms with Crippen LogP contribution in [0.25, 0.3) is 0 Å². The van der Waals surface area contributed by atoms with Gasteiger partial charge in [0.15, 0.2) is 0 Å². The molecule has 1 aliphatic heterocycles. The Morgan fingerprint density at radius 3 is 2.54 bits per heavy atom. The van der Waals surface area contributed by atoms with Gasteiger partial charge in [-0.1, -0.05) is 29.8 Å². The molecule has 2 aromatic carbocycles. The number of para-hydroxylation sites is 1. The number of nitrogens with zero attached hydrogens (tertiary/aromatic N) is 1. The predicted molar refractivity (Wildman–Crippen MR) is 93.3 cm³/mol. The van der Waals surface area contributed by atoms with Crippen LogP contribution in [0.5, 0.6) is 0 Å². The number of anilines is 1. The van der Waals surface area contributed by atoms with Crippen LogP contribution in [0, 0.1) is 5.82 Å². The molecule has 1 N–H and O–H groups in total. The summed E-state index contributed by atoms with van der Waals surface area (Å²) in [7, 11) is -3.76. The number of hydrogen-bond acceptors (Lipinski definition) is 3. The second kappa shape index (κ2) is 7.09. The zero-order valence-corrected chi connectivity index (χ0v) is 14.6. The molecule has 0 unspecified atom stereocenters. The molecule has 7 heteroatoms. The maximum Gasteiger partial charge on any atom is 0.240 e. The average Bonchev–Trinajstić information content (AvgIpc) is 3.10. The second-order valence-corrected chi connectivity index (χ2v) is 7.90. The van der Waals surface area contributed by atoms with Crippen molar-refractivity contribution < 1.29 is 12.8 Å². The first kappa shape index (κ1) is 17.2. The summed E-state index contributed by atoms with van der Waals surface area (Å²) in [6.45, 7) is 2.14. The third kappa shape index (κ3) is 3.71. The fourth-order valence-electron chi connectivity index (χ4n) is 2.83. The van der Waals surface area contributed by atoms with Crippen LogP contribution in [0.2, 0.25) is 5.02 Å². The van der Waals surface area contributed by atoms with Crippen molar-refractivity contribution >= 4 is 27.3 Å². The Morgan fingerprint density at radius 1 is 1.12 bits per heavy atom. The van der Waals surface area contributed by atoms with Gasteiger partial charge in [0.25, 0.3) is 0 Å². The summed E-state index contributed by atoms with van der Waals surface area (Å²) < 4.78 is 40.6. The second-order valence-electron chi connectivity index (χ2n) is 5.72. The van der Waals surface area contributed by atoms with Crippen molar-refractivity contribution in [1.29, 1.82) is 0 Å². The van der Waals surface area contributed by atoms with Crippen LogP contribution in [0.1, 0.15) is 18.4 Å². The average molecular weight is 369 g/mol. The van der Waals surface area contributed by atoms with Crippen molar-refractivity contribution in [2.75, 3.05) is 18.0 Å². The molecule has 1 aliphatic rings. The molecule has 0 saturated carbocycles. The normalized spacial score (nSPS) is 15.0. The van der Waals surface area contributed by atoms with Crippen LogP contribution in [0.15, 0.2) is 47.4 Å². The molecule has 0 aromatic heterocycles. The molecular formula is C17H18ClFN2O2S. The first-order chi connectivity index (χ1) is 11.5. The molecule has 128 valence electrons. The molecule has 0 aliphatic carbocycles. The third-order valence-corrected chi connectivity index (χ3v) is 5.78. The van der Waals surface area contributed by atoms with E-state index in [9.17, 15) is 12.8 Å². The number of benzene rings is 2. The highest BCUT2D eigenvalue weighted by atomic mass is 35.5. The van der Waals surface area contributed by atoms with Crippen LogP contribution in [0.3, 0.4) is 0 Å². The summed E-state index contributed by atoms with van der Waals surface area (Å²) in [5.41, 5.74) is 1.96. The number of rotatable bonds is 5. The van der Waals surface area contributed by atoms with E-state index in [4.69, 9.17) is 11.6 Å². The molecule has 24 heavy (non-hydrogen) atoms. The number of nitrogens with one attached hydrogen (secondary N) is 1. The highest BCUT2D eigenvalue weighted by Gasteiger charge is 2.19. The highest BCUT2D eigenvalue weighted by Crippen LogP contribution is 2.25. The zero-order chi connectivity index (χ0) is 17.2. The zero-order valence-electron chi connectivity index (χ0n) is 13.0. The van der Waals surface area contributed by atoms with Gasteiger partial charge in [-0.2, -0.15) is 0 Å². The summed E-state index contributed by atoms with van der Waals surface area (Å²) in [6.07, 6.45) is 2.29. The Kier molecular flexibility index (Phi) is 5.08. The first-order valence-electron chi connectivity index (χ1n) is 7.75. The Labute approximate surface area is 146 Å². The molecule has 3 rings (SSSR count). The summed E-state index contributed by atoms with van der Waals surface area (Å²) >= 11 is 5.67. The van der Waals surface area contributed by atoms with E-state index in [1.807, 2.05) is 24.3 Å². The lowest BCUT2D eigenvalue weighted by Crippen LogP contribution is -2.25. The van der Waals surface area contributed by atoms with Crippen LogP contribution < -0.4 is 9.62 Å². The van der Waals surface area contributed by atoms with Gasteiger partial charge in [0.1, 0.15) is 5.82 Å². The van der Waals surface area contributed by atoms with Crippen molar-refractivity contribution in [1.82, 2.24) is 4.72 Å². The molecule has 1 fully saturated rings. The summed E-state index contributed by atoms with van der Waals surface area (Å²) in [5.74, 6) is -0.644. The van der Waals surface area contributed by atoms with E-state index in [2.05, 4.69) is 9.62 Å². The van der Waals surface area contributed by atoms with Crippen molar-refractivity contribution in [3.05, 3.63) is 58.9 Å². The van der Waals surface area contributed by atoms with Crippen LogP contribution >= 0.6 is 11.6 Å². The molecule has 1 heterocycles. The molecule has 2 aromatic rings. The Bertz CT molecular complexity index is 836. The monoisotopic (exact) mass is 368 g/mol. The first-order valence-corrected chi connectivity index (χ1v) is 9.61. The topological polar surface area (TPSA) is 49.4 Å². The van der Waals surface area contributed by atoms with Gasteiger partial charge in [-0.3, -0.25) is 0 Å². The third-order valence-electron chi connectivity index (χ3n) is 4.09. The fourth-order valence-corrected chi connectivity index (χ4v) is 4.10. The molecule has 0 atom stereocenters. The van der Waals surface area contributed by atoms with E-state index in [0.29, 0.717) is 0 Å². The van der Waals surface area contributed by atoms with Gasteiger partial charge in [-0.25, -0.2) is 17.5 Å². The minimum atomic E-state index is -3.76. The lowest BCUT2D eigenvalue weighted by molar-refractivity contribution is 0.580. The minimum Gasteiger partial charge on any atom is -0.371 e. The van der Waals surface area contributed by atoms with E-state index in [1.54, 1.807) is 0 Å².